The van der Waals surface area contributed by atoms with E-state index in [4.69, 9.17) is 0 Å². The summed E-state index contributed by atoms with van der Waals surface area (Å²) in [5.74, 6) is 2.43. The molecule has 6 heteroatoms. The van der Waals surface area contributed by atoms with Gasteiger partial charge in [0, 0.05) is 30.9 Å². The third-order valence-electron chi connectivity index (χ3n) is 5.43. The Hall–Kier alpha value is -1.69. The van der Waals surface area contributed by atoms with Crippen molar-refractivity contribution < 1.29 is 4.79 Å². The third kappa shape index (κ3) is 2.88. The van der Waals surface area contributed by atoms with Gasteiger partial charge in [0.25, 0.3) is 5.91 Å². The maximum Gasteiger partial charge on any atom is 0.263 e. The molecule has 24 heavy (non-hydrogen) atoms. The Morgan fingerprint density at radius 2 is 2.08 bits per heavy atom. The maximum atomic E-state index is 12.9. The van der Waals surface area contributed by atoms with Crippen LogP contribution in [0.15, 0.2) is 12.4 Å². The second-order valence-corrected chi connectivity index (χ2v) is 8.41. The third-order valence-corrected chi connectivity index (χ3v) is 6.66. The number of carbonyl (C=O) groups is 1. The van der Waals surface area contributed by atoms with Crippen LogP contribution < -0.4 is 0 Å². The highest BCUT2D eigenvalue weighted by Crippen LogP contribution is 2.34. The van der Waals surface area contributed by atoms with Gasteiger partial charge in [0.05, 0.1) is 4.88 Å². The van der Waals surface area contributed by atoms with E-state index in [0.717, 1.165) is 55.4 Å². The lowest BCUT2D eigenvalue weighted by atomic mass is 9.90. The van der Waals surface area contributed by atoms with Gasteiger partial charge in [-0.05, 0) is 49.7 Å². The lowest BCUT2D eigenvalue weighted by Crippen LogP contribution is -2.38. The molecule has 1 fully saturated rings. The first-order chi connectivity index (χ1) is 11.6. The molecule has 5 nitrogen and oxygen atoms in total. The number of aryl methyl sites for hydroxylation is 2. The summed E-state index contributed by atoms with van der Waals surface area (Å²) < 4.78 is 2.00. The van der Waals surface area contributed by atoms with E-state index >= 15 is 0 Å². The Kier molecular flexibility index (Phi) is 4.16. The largest absolute Gasteiger partial charge is 0.338 e. The lowest BCUT2D eigenvalue weighted by Gasteiger charge is -2.31. The number of piperidine rings is 1. The molecule has 1 saturated heterocycles. The number of rotatable bonds is 2. The summed E-state index contributed by atoms with van der Waals surface area (Å²) in [6.45, 7) is 3.93. The monoisotopic (exact) mass is 344 g/mol. The predicted molar refractivity (Wildman–Crippen MR) is 94.4 cm³/mol. The first kappa shape index (κ1) is 15.8. The Morgan fingerprint density at radius 3 is 2.79 bits per heavy atom. The molecule has 3 heterocycles. The van der Waals surface area contributed by atoms with Crippen LogP contribution in [0.4, 0.5) is 0 Å². The van der Waals surface area contributed by atoms with E-state index in [-0.39, 0.29) is 5.91 Å². The van der Waals surface area contributed by atoms with Crippen LogP contribution in [-0.4, -0.2) is 38.7 Å². The van der Waals surface area contributed by atoms with Crippen LogP contribution in [0.5, 0.6) is 0 Å². The smallest absolute Gasteiger partial charge is 0.263 e. The van der Waals surface area contributed by atoms with Crippen molar-refractivity contribution in [1.29, 1.82) is 0 Å². The standard InChI is InChI=1S/C18H24N4OS/c1-12-3-4-15-14(9-12)10-16(24-15)18(23)22-7-5-13(6-8-22)17-20-19-11-21(17)2/h10-13H,3-9H2,1-2H3. The molecule has 1 unspecified atom stereocenters. The minimum atomic E-state index is 0.221. The van der Waals surface area contributed by atoms with E-state index in [1.165, 1.54) is 16.9 Å². The Bertz CT molecular complexity index is 742. The van der Waals surface area contributed by atoms with Gasteiger partial charge in [-0.2, -0.15) is 0 Å². The average Bonchev–Trinajstić information content (AvgIpc) is 3.20. The summed E-state index contributed by atoms with van der Waals surface area (Å²) in [5, 5.41) is 8.21. The average molecular weight is 344 g/mol. The van der Waals surface area contributed by atoms with Gasteiger partial charge >= 0.3 is 0 Å². The molecular formula is C18H24N4OS. The zero-order valence-electron chi connectivity index (χ0n) is 14.4. The van der Waals surface area contributed by atoms with E-state index in [1.54, 1.807) is 17.7 Å². The molecular weight excluding hydrogens is 320 g/mol. The quantitative estimate of drug-likeness (QED) is 0.841. The van der Waals surface area contributed by atoms with Gasteiger partial charge in [-0.1, -0.05) is 6.92 Å². The highest BCUT2D eigenvalue weighted by atomic mass is 32.1. The fourth-order valence-corrected chi connectivity index (χ4v) is 5.15. The summed E-state index contributed by atoms with van der Waals surface area (Å²) in [5.41, 5.74) is 1.41. The molecule has 2 aromatic rings. The van der Waals surface area contributed by atoms with Gasteiger partial charge in [0.1, 0.15) is 12.2 Å². The van der Waals surface area contributed by atoms with E-state index in [2.05, 4.69) is 23.2 Å². The number of aromatic nitrogens is 3. The van der Waals surface area contributed by atoms with Crippen LogP contribution >= 0.6 is 11.3 Å². The van der Waals surface area contributed by atoms with E-state index in [9.17, 15) is 4.79 Å². The van der Waals surface area contributed by atoms with Crippen molar-refractivity contribution in [2.45, 2.75) is 44.9 Å². The Morgan fingerprint density at radius 1 is 1.29 bits per heavy atom. The second-order valence-electron chi connectivity index (χ2n) is 7.27. The Balaban J connectivity index is 1.42. The zero-order valence-corrected chi connectivity index (χ0v) is 15.2. The van der Waals surface area contributed by atoms with Crippen LogP contribution in [0, 0.1) is 5.92 Å². The van der Waals surface area contributed by atoms with Gasteiger partial charge in [-0.3, -0.25) is 4.79 Å². The fourth-order valence-electron chi connectivity index (χ4n) is 3.97. The molecule has 1 aliphatic carbocycles. The molecule has 1 aliphatic heterocycles. The number of likely N-dealkylation sites (tertiary alicyclic amines) is 1. The van der Waals surface area contributed by atoms with Crippen LogP contribution in [0.2, 0.25) is 0 Å². The second kappa shape index (κ2) is 6.31. The summed E-state index contributed by atoms with van der Waals surface area (Å²) >= 11 is 1.72. The number of carbonyl (C=O) groups excluding carboxylic acids is 1. The SMILES string of the molecule is CC1CCc2sc(C(=O)N3CCC(c4nncn4C)CC3)cc2C1. The van der Waals surface area contributed by atoms with Crippen LogP contribution in [0.1, 0.15) is 58.0 Å². The number of hydrogen-bond donors (Lipinski definition) is 0. The normalized spacial score (nSPS) is 21.8. The van der Waals surface area contributed by atoms with Gasteiger partial charge in [0.2, 0.25) is 0 Å². The van der Waals surface area contributed by atoms with E-state index < -0.39 is 0 Å². The summed E-state index contributed by atoms with van der Waals surface area (Å²) in [7, 11) is 1.99. The molecule has 0 N–H and O–H groups in total. The summed E-state index contributed by atoms with van der Waals surface area (Å²) in [4.78, 5) is 17.3. The Labute approximate surface area is 146 Å². The molecule has 1 amide bonds. The van der Waals surface area contributed by atoms with Crippen molar-refractivity contribution in [1.82, 2.24) is 19.7 Å². The number of thiophene rings is 1. The van der Waals surface area contributed by atoms with E-state index in [0.29, 0.717) is 5.92 Å². The first-order valence-corrected chi connectivity index (χ1v) is 9.68. The molecule has 1 atom stereocenters. The van der Waals surface area contributed by atoms with Crippen molar-refractivity contribution in [3.63, 3.8) is 0 Å². The zero-order chi connectivity index (χ0) is 16.7. The molecule has 2 aromatic heterocycles. The number of amides is 1. The maximum absolute atomic E-state index is 12.9. The minimum Gasteiger partial charge on any atom is -0.338 e. The van der Waals surface area contributed by atoms with Crippen molar-refractivity contribution in [2.75, 3.05) is 13.1 Å². The lowest BCUT2D eigenvalue weighted by molar-refractivity contribution is 0.0715. The number of hydrogen-bond acceptors (Lipinski definition) is 4. The van der Waals surface area contributed by atoms with Crippen molar-refractivity contribution >= 4 is 17.2 Å². The van der Waals surface area contributed by atoms with Gasteiger partial charge in [-0.15, -0.1) is 21.5 Å². The highest BCUT2D eigenvalue weighted by Gasteiger charge is 2.29. The molecule has 0 bridgehead atoms. The molecule has 0 radical (unpaired) electrons. The summed E-state index contributed by atoms with van der Waals surface area (Å²) in [6.07, 6.45) is 7.23. The van der Waals surface area contributed by atoms with Crippen LogP contribution in [0.3, 0.4) is 0 Å². The molecule has 0 aromatic carbocycles. The minimum absolute atomic E-state index is 0.221. The highest BCUT2D eigenvalue weighted by molar-refractivity contribution is 7.14. The molecule has 0 saturated carbocycles. The van der Waals surface area contributed by atoms with Gasteiger partial charge < -0.3 is 9.47 Å². The van der Waals surface area contributed by atoms with Crippen molar-refractivity contribution in [3.05, 3.63) is 33.5 Å². The molecule has 4 rings (SSSR count). The molecule has 2 aliphatic rings. The van der Waals surface area contributed by atoms with Gasteiger partial charge in [-0.25, -0.2) is 0 Å². The van der Waals surface area contributed by atoms with E-state index in [1.807, 2.05) is 16.5 Å². The van der Waals surface area contributed by atoms with Crippen molar-refractivity contribution in [3.8, 4) is 0 Å². The van der Waals surface area contributed by atoms with Crippen LogP contribution in [-0.2, 0) is 19.9 Å². The predicted octanol–water partition coefficient (Wildman–Crippen LogP) is 3.02. The van der Waals surface area contributed by atoms with Crippen molar-refractivity contribution in [2.24, 2.45) is 13.0 Å². The topological polar surface area (TPSA) is 51.0 Å². The molecule has 0 spiro atoms. The van der Waals surface area contributed by atoms with Crippen LogP contribution in [0.25, 0.3) is 0 Å². The molecule has 128 valence electrons. The number of nitrogens with zero attached hydrogens (tertiary/aromatic N) is 4. The number of fused-ring (bicyclic) bond motifs is 1. The fraction of sp³-hybridized carbons (Fsp3) is 0.611. The van der Waals surface area contributed by atoms with Gasteiger partial charge in [0.15, 0.2) is 0 Å². The first-order valence-electron chi connectivity index (χ1n) is 8.86. The summed E-state index contributed by atoms with van der Waals surface area (Å²) in [6, 6.07) is 2.16.